The molecular formula is C22H31NO3. The fourth-order valence-electron chi connectivity index (χ4n) is 2.77. The van der Waals surface area contributed by atoms with Gasteiger partial charge in [-0.05, 0) is 50.1 Å². The van der Waals surface area contributed by atoms with E-state index in [9.17, 15) is 5.11 Å². The Morgan fingerprint density at radius 3 is 2.19 bits per heavy atom. The number of hydrogen-bond acceptors (Lipinski definition) is 4. The molecule has 2 aromatic rings. The topological polar surface area (TPSA) is 41.9 Å². The van der Waals surface area contributed by atoms with Crippen LogP contribution in [0.15, 0.2) is 48.5 Å². The minimum absolute atomic E-state index is 0.271. The highest BCUT2D eigenvalue weighted by molar-refractivity contribution is 5.31. The first-order chi connectivity index (χ1) is 12.5. The van der Waals surface area contributed by atoms with Crippen molar-refractivity contribution in [2.45, 2.75) is 45.9 Å². The number of methoxy groups -OCH3 is 1. The highest BCUT2D eigenvalue weighted by atomic mass is 16.5. The van der Waals surface area contributed by atoms with Crippen LogP contribution in [0.1, 0.15) is 31.4 Å². The van der Waals surface area contributed by atoms with Crippen LogP contribution in [0.2, 0.25) is 0 Å². The molecule has 0 saturated carbocycles. The van der Waals surface area contributed by atoms with E-state index in [0.717, 1.165) is 24.5 Å². The lowest BCUT2D eigenvalue weighted by molar-refractivity contribution is 0.0506. The predicted octanol–water partition coefficient (Wildman–Crippen LogP) is 4.04. The Morgan fingerprint density at radius 1 is 1.00 bits per heavy atom. The molecule has 0 aliphatic heterocycles. The molecule has 4 heteroatoms. The Labute approximate surface area is 157 Å². The summed E-state index contributed by atoms with van der Waals surface area (Å²) in [7, 11) is 1.64. The summed E-state index contributed by atoms with van der Waals surface area (Å²) < 4.78 is 10.9. The average Bonchev–Trinajstić information content (AvgIpc) is 2.67. The first-order valence-corrected chi connectivity index (χ1v) is 9.26. The molecule has 0 fully saturated rings. The molecule has 2 rings (SSSR count). The molecule has 2 atom stereocenters. The molecule has 0 saturated heterocycles. The van der Waals surface area contributed by atoms with Gasteiger partial charge in [0.1, 0.15) is 24.2 Å². The van der Waals surface area contributed by atoms with Crippen LogP contribution < -0.4 is 9.47 Å². The van der Waals surface area contributed by atoms with Crippen molar-refractivity contribution in [1.29, 1.82) is 0 Å². The molecule has 0 heterocycles. The number of rotatable bonds is 10. The van der Waals surface area contributed by atoms with Gasteiger partial charge in [-0.25, -0.2) is 0 Å². The highest BCUT2D eigenvalue weighted by Gasteiger charge is 2.17. The Bertz CT molecular complexity index is 639. The molecule has 26 heavy (non-hydrogen) atoms. The highest BCUT2D eigenvalue weighted by Crippen LogP contribution is 2.18. The summed E-state index contributed by atoms with van der Waals surface area (Å²) in [6.07, 6.45) is 0.495. The molecule has 0 bridgehead atoms. The smallest absolute Gasteiger partial charge is 0.119 e. The zero-order valence-corrected chi connectivity index (χ0v) is 16.3. The Morgan fingerprint density at radius 2 is 1.62 bits per heavy atom. The SMILES string of the molecule is CC[C@H](C)N(Cc1ccc(C)cc1)C[C@@H](O)COc1ccc(OC)cc1. The van der Waals surface area contributed by atoms with Crippen molar-refractivity contribution in [2.24, 2.45) is 0 Å². The lowest BCUT2D eigenvalue weighted by atomic mass is 10.1. The van der Waals surface area contributed by atoms with Crippen LogP contribution in [0.3, 0.4) is 0 Å². The van der Waals surface area contributed by atoms with Gasteiger partial charge in [-0.15, -0.1) is 0 Å². The summed E-state index contributed by atoms with van der Waals surface area (Å²) in [4.78, 5) is 2.31. The van der Waals surface area contributed by atoms with Crippen molar-refractivity contribution in [3.8, 4) is 11.5 Å². The van der Waals surface area contributed by atoms with Crippen LogP contribution in [0.25, 0.3) is 0 Å². The summed E-state index contributed by atoms with van der Waals surface area (Å²) in [5.74, 6) is 1.53. The molecule has 0 amide bonds. The summed E-state index contributed by atoms with van der Waals surface area (Å²) in [5, 5.41) is 10.5. The van der Waals surface area contributed by atoms with Crippen molar-refractivity contribution in [3.63, 3.8) is 0 Å². The monoisotopic (exact) mass is 357 g/mol. The van der Waals surface area contributed by atoms with E-state index in [0.29, 0.717) is 12.6 Å². The van der Waals surface area contributed by atoms with Crippen molar-refractivity contribution in [2.75, 3.05) is 20.3 Å². The van der Waals surface area contributed by atoms with Crippen LogP contribution in [0, 0.1) is 6.92 Å². The summed E-state index contributed by atoms with van der Waals surface area (Å²) in [6.45, 7) is 8.15. The molecule has 2 aromatic carbocycles. The van der Waals surface area contributed by atoms with E-state index >= 15 is 0 Å². The van der Waals surface area contributed by atoms with E-state index in [1.165, 1.54) is 11.1 Å². The minimum atomic E-state index is -0.545. The van der Waals surface area contributed by atoms with E-state index in [1.54, 1.807) is 7.11 Å². The van der Waals surface area contributed by atoms with Crippen LogP contribution in [0.5, 0.6) is 11.5 Å². The largest absolute Gasteiger partial charge is 0.497 e. The van der Waals surface area contributed by atoms with Gasteiger partial charge in [-0.2, -0.15) is 0 Å². The maximum absolute atomic E-state index is 10.5. The van der Waals surface area contributed by atoms with E-state index in [4.69, 9.17) is 9.47 Å². The second-order valence-electron chi connectivity index (χ2n) is 6.81. The van der Waals surface area contributed by atoms with Crippen LogP contribution in [-0.2, 0) is 6.54 Å². The number of benzene rings is 2. The zero-order chi connectivity index (χ0) is 18.9. The van der Waals surface area contributed by atoms with E-state index in [2.05, 4.69) is 49.9 Å². The van der Waals surface area contributed by atoms with Crippen molar-refractivity contribution in [3.05, 3.63) is 59.7 Å². The standard InChI is InChI=1S/C22H31NO3/c1-5-18(3)23(14-19-8-6-17(2)7-9-19)15-20(24)16-26-22-12-10-21(25-4)11-13-22/h6-13,18,20,24H,5,14-16H2,1-4H3/t18-,20+/m0/s1. The molecule has 1 N–H and O–H groups in total. The Balaban J connectivity index is 1.90. The Hall–Kier alpha value is -2.04. The second kappa shape index (κ2) is 10.2. The van der Waals surface area contributed by atoms with Gasteiger partial charge in [0.25, 0.3) is 0 Å². The molecule has 0 unspecified atom stereocenters. The summed E-state index contributed by atoms with van der Waals surface area (Å²) in [6, 6.07) is 16.4. The van der Waals surface area contributed by atoms with Gasteiger partial charge in [-0.3, -0.25) is 4.90 Å². The van der Waals surface area contributed by atoms with Crippen LogP contribution >= 0.6 is 0 Å². The van der Waals surface area contributed by atoms with Gasteiger partial charge in [0.05, 0.1) is 7.11 Å². The molecule has 0 radical (unpaired) electrons. The van der Waals surface area contributed by atoms with Gasteiger partial charge >= 0.3 is 0 Å². The Kier molecular flexibility index (Phi) is 7.95. The number of aryl methyl sites for hydroxylation is 1. The predicted molar refractivity (Wildman–Crippen MR) is 106 cm³/mol. The third-order valence-corrected chi connectivity index (χ3v) is 4.67. The number of hydrogen-bond donors (Lipinski definition) is 1. The normalized spacial score (nSPS) is 13.5. The molecule has 0 aromatic heterocycles. The lowest BCUT2D eigenvalue weighted by Crippen LogP contribution is -2.40. The van der Waals surface area contributed by atoms with Gasteiger partial charge < -0.3 is 14.6 Å². The molecule has 142 valence electrons. The molecule has 4 nitrogen and oxygen atoms in total. The van der Waals surface area contributed by atoms with Crippen molar-refractivity contribution in [1.82, 2.24) is 4.90 Å². The van der Waals surface area contributed by atoms with Crippen LogP contribution in [-0.4, -0.2) is 42.4 Å². The fourth-order valence-corrected chi connectivity index (χ4v) is 2.77. The van der Waals surface area contributed by atoms with Crippen molar-refractivity contribution < 1.29 is 14.6 Å². The van der Waals surface area contributed by atoms with E-state index in [1.807, 2.05) is 24.3 Å². The van der Waals surface area contributed by atoms with Gasteiger partial charge in [0.2, 0.25) is 0 Å². The number of aliphatic hydroxyl groups is 1. The lowest BCUT2D eigenvalue weighted by Gasteiger charge is -2.30. The summed E-state index contributed by atoms with van der Waals surface area (Å²) in [5.41, 5.74) is 2.52. The number of ether oxygens (including phenoxy) is 2. The van der Waals surface area contributed by atoms with E-state index < -0.39 is 6.10 Å². The number of aliphatic hydroxyl groups excluding tert-OH is 1. The van der Waals surface area contributed by atoms with Crippen molar-refractivity contribution >= 4 is 0 Å². The molecule has 0 spiro atoms. The minimum Gasteiger partial charge on any atom is -0.497 e. The first kappa shape index (κ1) is 20.3. The fraction of sp³-hybridized carbons (Fsp3) is 0.455. The van der Waals surface area contributed by atoms with Crippen LogP contribution in [0.4, 0.5) is 0 Å². The van der Waals surface area contributed by atoms with Gasteiger partial charge in [0, 0.05) is 19.1 Å². The zero-order valence-electron chi connectivity index (χ0n) is 16.3. The third-order valence-electron chi connectivity index (χ3n) is 4.67. The first-order valence-electron chi connectivity index (χ1n) is 9.26. The maximum atomic E-state index is 10.5. The maximum Gasteiger partial charge on any atom is 0.119 e. The second-order valence-corrected chi connectivity index (χ2v) is 6.81. The van der Waals surface area contributed by atoms with Gasteiger partial charge in [-0.1, -0.05) is 36.8 Å². The molecular weight excluding hydrogens is 326 g/mol. The average molecular weight is 357 g/mol. The van der Waals surface area contributed by atoms with E-state index in [-0.39, 0.29) is 6.61 Å². The van der Waals surface area contributed by atoms with Gasteiger partial charge in [0.15, 0.2) is 0 Å². The quantitative estimate of drug-likeness (QED) is 0.697. The molecule has 0 aliphatic rings. The molecule has 0 aliphatic carbocycles. The summed E-state index contributed by atoms with van der Waals surface area (Å²) >= 11 is 0. The number of nitrogens with zero attached hydrogens (tertiary/aromatic N) is 1. The third kappa shape index (κ3) is 6.36.